The molecule has 0 spiro atoms. The third-order valence-corrected chi connectivity index (χ3v) is 12.9. The topological polar surface area (TPSA) is 358 Å². The lowest BCUT2D eigenvalue weighted by molar-refractivity contribution is -0.144. The van der Waals surface area contributed by atoms with Crippen LogP contribution in [0, 0.1) is 19.0 Å². The van der Waals surface area contributed by atoms with Crippen molar-refractivity contribution in [1.82, 2.24) is 52.1 Å². The van der Waals surface area contributed by atoms with E-state index in [4.69, 9.17) is 11.5 Å². The Morgan fingerprint density at radius 2 is 1.49 bits per heavy atom. The Morgan fingerprint density at radius 1 is 0.868 bits per heavy atom. The number of imidazole rings is 1. The first kappa shape index (κ1) is 57.0. The van der Waals surface area contributed by atoms with Gasteiger partial charge in [-0.2, -0.15) is 0 Å². The molecule has 8 atom stereocenters. The number of nitrogens with two attached hydrogens (primary N) is 2. The van der Waals surface area contributed by atoms with Crippen LogP contribution in [0.3, 0.4) is 0 Å². The number of aromatic amines is 1. The van der Waals surface area contributed by atoms with Crippen LogP contribution in [-0.2, 0) is 51.2 Å². The number of phenols is 1. The first-order valence-corrected chi connectivity index (χ1v) is 24.4. The Bertz CT molecular complexity index is 2100. The summed E-state index contributed by atoms with van der Waals surface area (Å²) in [4.78, 5) is 121. The van der Waals surface area contributed by atoms with Gasteiger partial charge in [0.15, 0.2) is 5.96 Å². The number of nitrogens with one attached hydrogen (secondary N) is 8. The molecule has 0 unspecified atom stereocenters. The first-order valence-electron chi connectivity index (χ1n) is 22.3. The van der Waals surface area contributed by atoms with Crippen LogP contribution in [0.25, 0.3) is 0 Å². The fraction of sp³-hybridized carbons (Fsp3) is 0.581. The van der Waals surface area contributed by atoms with E-state index in [0.717, 1.165) is 0 Å². The van der Waals surface area contributed by atoms with Crippen LogP contribution < -0.4 is 48.7 Å². The van der Waals surface area contributed by atoms with Crippen molar-refractivity contribution in [2.24, 2.45) is 28.3 Å². The van der Waals surface area contributed by atoms with Crippen LogP contribution in [-0.4, -0.2) is 147 Å². The van der Waals surface area contributed by atoms with Crippen molar-refractivity contribution < 1.29 is 48.6 Å². The molecule has 3 rings (SSSR count). The van der Waals surface area contributed by atoms with Gasteiger partial charge in [-0.05, 0) is 114 Å². The Labute approximate surface area is 422 Å². The summed E-state index contributed by atoms with van der Waals surface area (Å²) in [5.74, 6) is -7.06. The predicted octanol–water partition coefficient (Wildman–Crippen LogP) is -0.911. The molecule has 1 aliphatic heterocycles. The molecule has 2 heterocycles. The van der Waals surface area contributed by atoms with Crippen molar-refractivity contribution in [3.63, 3.8) is 0 Å². The zero-order chi connectivity index (χ0) is 50.8. The normalized spacial score (nSPS) is 16.5. The number of phenolic OH excluding ortho intramolecular Hbond substituents is 1. The van der Waals surface area contributed by atoms with E-state index in [1.165, 1.54) is 24.3 Å². The highest BCUT2D eigenvalue weighted by atomic mass is 127. The number of likely N-dealkylation sites (N-methyl/N-ethyl adjacent to an activating group) is 1. The maximum absolute atomic E-state index is 14.6. The molecule has 7 amide bonds. The van der Waals surface area contributed by atoms with Crippen LogP contribution >= 0.6 is 45.2 Å². The number of carboxylic acid groups (broad SMARTS) is 1. The smallest absolute Gasteiger partial charge is 0.325 e. The van der Waals surface area contributed by atoms with Gasteiger partial charge in [-0.25, -0.2) is 4.98 Å². The number of aromatic hydroxyl groups is 1. The molecule has 0 saturated carbocycles. The summed E-state index contributed by atoms with van der Waals surface area (Å²) in [6.07, 6.45) is 4.23. The van der Waals surface area contributed by atoms with Crippen molar-refractivity contribution in [3.05, 3.63) is 43.1 Å². The molecule has 1 aromatic carbocycles. The number of carbonyl (C=O) groups excluding carboxylic acids is 7. The number of aliphatic imine (C=N–C) groups is 1. The van der Waals surface area contributed by atoms with Gasteiger partial charge in [0, 0.05) is 37.8 Å². The van der Waals surface area contributed by atoms with Crippen LogP contribution in [0.4, 0.5) is 0 Å². The van der Waals surface area contributed by atoms with E-state index in [1.54, 1.807) is 46.9 Å². The highest BCUT2D eigenvalue weighted by Gasteiger charge is 2.40. The molecular weight excluding hydrogens is 1110 g/mol. The largest absolute Gasteiger partial charge is 0.506 e. The Balaban J connectivity index is 1.96. The number of likely N-dealkylation sites (tertiary alicyclic amines) is 1. The van der Waals surface area contributed by atoms with Gasteiger partial charge in [0.25, 0.3) is 0 Å². The second kappa shape index (κ2) is 27.6. The lowest BCUT2D eigenvalue weighted by Gasteiger charge is -2.32. The minimum atomic E-state index is -1.36. The van der Waals surface area contributed by atoms with E-state index in [-0.39, 0.29) is 57.0 Å². The van der Waals surface area contributed by atoms with Crippen LogP contribution in [0.5, 0.6) is 5.75 Å². The van der Waals surface area contributed by atoms with Crippen molar-refractivity contribution in [2.45, 2.75) is 122 Å². The molecule has 0 bridgehead atoms. The average Bonchev–Trinajstić information content (AvgIpc) is 3.99. The summed E-state index contributed by atoms with van der Waals surface area (Å²) in [6, 6.07) is -5.10. The second-order valence-electron chi connectivity index (χ2n) is 17.0. The Morgan fingerprint density at radius 3 is 2.06 bits per heavy atom. The van der Waals surface area contributed by atoms with E-state index in [0.29, 0.717) is 37.7 Å². The average molecular weight is 1180 g/mol. The van der Waals surface area contributed by atoms with Crippen LogP contribution in [0.1, 0.15) is 78.0 Å². The molecular formula is C43H65I2N13O10. The molecule has 0 radical (unpaired) electrons. The number of aliphatic carboxylic acids is 1. The molecule has 68 heavy (non-hydrogen) atoms. The van der Waals surface area contributed by atoms with Gasteiger partial charge in [-0.1, -0.05) is 34.1 Å². The number of hydrogen-bond donors (Lipinski definition) is 12. The Hall–Kier alpha value is -5.32. The van der Waals surface area contributed by atoms with Gasteiger partial charge in [-0.15, -0.1) is 0 Å². The van der Waals surface area contributed by atoms with E-state index in [9.17, 15) is 48.6 Å². The molecule has 0 aliphatic carbocycles. The van der Waals surface area contributed by atoms with E-state index >= 15 is 0 Å². The molecule has 23 nitrogen and oxygen atoms in total. The minimum absolute atomic E-state index is 0.0284. The van der Waals surface area contributed by atoms with E-state index in [1.807, 2.05) is 45.2 Å². The number of halogens is 2. The highest BCUT2D eigenvalue weighted by Crippen LogP contribution is 2.28. The summed E-state index contributed by atoms with van der Waals surface area (Å²) >= 11 is 3.89. The lowest BCUT2D eigenvalue weighted by atomic mass is 9.96. The molecule has 1 saturated heterocycles. The summed E-state index contributed by atoms with van der Waals surface area (Å²) < 4.78 is 0.958. The number of hydrogen-bond acceptors (Lipinski definition) is 12. The third kappa shape index (κ3) is 17.3. The number of nitrogens with zero attached hydrogens (tertiary/aromatic N) is 3. The number of guanidine groups is 1. The van der Waals surface area contributed by atoms with E-state index < -0.39 is 101 Å². The van der Waals surface area contributed by atoms with Crippen molar-refractivity contribution in [3.8, 4) is 5.75 Å². The maximum Gasteiger partial charge on any atom is 0.325 e. The van der Waals surface area contributed by atoms with Gasteiger partial charge in [0.1, 0.15) is 48.0 Å². The maximum atomic E-state index is 14.6. The summed E-state index contributed by atoms with van der Waals surface area (Å²) in [6.45, 7) is 8.48. The monoisotopic (exact) mass is 1180 g/mol. The molecule has 376 valence electrons. The number of carbonyl (C=O) groups is 8. The zero-order valence-electron chi connectivity index (χ0n) is 39.0. The number of rotatable bonds is 26. The summed E-state index contributed by atoms with van der Waals surface area (Å²) in [5, 5.41) is 38.8. The van der Waals surface area contributed by atoms with Gasteiger partial charge < -0.3 is 68.8 Å². The van der Waals surface area contributed by atoms with Gasteiger partial charge >= 0.3 is 5.97 Å². The summed E-state index contributed by atoms with van der Waals surface area (Å²) in [7, 11) is 1.57. The quantitative estimate of drug-likeness (QED) is 0.0235. The van der Waals surface area contributed by atoms with Crippen LogP contribution in [0.15, 0.2) is 29.6 Å². The van der Waals surface area contributed by atoms with Gasteiger partial charge in [0.05, 0.1) is 20.0 Å². The van der Waals surface area contributed by atoms with Crippen molar-refractivity contribution in [1.29, 1.82) is 0 Å². The predicted molar refractivity (Wildman–Crippen MR) is 267 cm³/mol. The first-order chi connectivity index (χ1) is 32.1. The van der Waals surface area contributed by atoms with Crippen LogP contribution in [0.2, 0.25) is 0 Å². The third-order valence-electron chi connectivity index (χ3n) is 11.3. The second-order valence-corrected chi connectivity index (χ2v) is 19.3. The standard InChI is InChI=1S/C43H65I2N13O10/c1-7-22(4)34(40(65)55-30(17-25-18-49-20-51-25)41(66)58-13-9-11-31(58)38(63)52-23(5)42(67)68)57-37(62)29(16-24-14-26(44)35(60)27(45)15-24)54-39(64)33(21(2)3)56-36(61)28(53-32(59)19-48-6)10-8-12-50-43(46)47/h14-15,18,20-23,28-31,33-34,48,60H,7-13,16-17,19H2,1-6H3,(H,49,51)(H,52,63)(H,53,59)(H,54,64)(H,55,65)(H,56,61)(H,57,62)(H,67,68)(H4,46,47,50)/t22-,23+,28-,29-,30-,31-,33-,34-/m0/s1. The molecule has 1 fully saturated rings. The zero-order valence-corrected chi connectivity index (χ0v) is 43.3. The summed E-state index contributed by atoms with van der Waals surface area (Å²) in [5.41, 5.74) is 11.9. The SMILES string of the molecule is CC[C@H](C)[C@H](NC(=O)[C@H](Cc1cc(I)c(O)c(I)c1)NC(=O)[C@@H](NC(=O)[C@H](CCCN=C(N)N)NC(=O)CNC)C(C)C)C(=O)N[C@@H](Cc1cnc[nH]1)C(=O)N1CCC[C@H]1C(=O)N[C@H](C)C(=O)O. The molecule has 2 aromatic rings. The number of aromatic nitrogens is 2. The minimum Gasteiger partial charge on any atom is -0.506 e. The Kier molecular flexibility index (Phi) is 23.2. The number of benzene rings is 1. The fourth-order valence-electron chi connectivity index (χ4n) is 7.32. The van der Waals surface area contributed by atoms with Crippen molar-refractivity contribution in [2.75, 3.05) is 26.7 Å². The highest BCUT2D eigenvalue weighted by molar-refractivity contribution is 14.1. The number of amides is 7. The molecule has 14 N–H and O–H groups in total. The molecule has 1 aromatic heterocycles. The van der Waals surface area contributed by atoms with E-state index in [2.05, 4.69) is 52.2 Å². The number of H-pyrrole nitrogens is 1. The molecule has 1 aliphatic rings. The van der Waals surface area contributed by atoms with Gasteiger partial charge in [-0.3, -0.25) is 43.3 Å². The van der Waals surface area contributed by atoms with Gasteiger partial charge in [0.2, 0.25) is 41.4 Å². The lowest BCUT2D eigenvalue weighted by Crippen LogP contribution is -2.62. The fourth-order valence-corrected chi connectivity index (χ4v) is 9.21. The number of carboxylic acids is 1. The van der Waals surface area contributed by atoms with Crippen molar-refractivity contribution >= 4 is 98.5 Å². The molecule has 25 heteroatoms.